The maximum absolute atomic E-state index is 12.8. The zero-order valence-electron chi connectivity index (χ0n) is 19.1. The Bertz CT molecular complexity index is 1290. The van der Waals surface area contributed by atoms with Gasteiger partial charge < -0.3 is 10.1 Å². The highest BCUT2D eigenvalue weighted by Crippen LogP contribution is 2.24. The molecule has 0 bridgehead atoms. The van der Waals surface area contributed by atoms with Crippen LogP contribution in [-0.2, 0) is 20.7 Å². The third kappa shape index (κ3) is 6.18. The molecule has 0 radical (unpaired) electrons. The standard InChI is InChI=1S/C27H22Cl2N2O5/c28-20-8-4-18(5-9-20)24(32)16-36-27(35)19-6-10-22(11-7-19)31-25(33)15-23(26(31)34)30-13-12-17-2-1-3-21(29)14-17/h1-11,14,23,30H,12-13,15-16H2. The highest BCUT2D eigenvalue weighted by atomic mass is 35.5. The maximum Gasteiger partial charge on any atom is 0.338 e. The number of carbonyl (C=O) groups is 4. The summed E-state index contributed by atoms with van der Waals surface area (Å²) < 4.78 is 5.10. The zero-order chi connectivity index (χ0) is 25.7. The molecule has 1 aliphatic rings. The molecular formula is C27H22Cl2N2O5. The van der Waals surface area contributed by atoms with Crippen molar-refractivity contribution in [1.29, 1.82) is 0 Å². The average molecular weight is 525 g/mol. The van der Waals surface area contributed by atoms with E-state index >= 15 is 0 Å². The van der Waals surface area contributed by atoms with Crippen LogP contribution in [0.1, 0.15) is 32.7 Å². The number of amides is 2. The lowest BCUT2D eigenvalue weighted by atomic mass is 10.1. The van der Waals surface area contributed by atoms with Crippen molar-refractivity contribution in [3.8, 4) is 0 Å². The lowest BCUT2D eigenvalue weighted by molar-refractivity contribution is -0.121. The Morgan fingerprint density at radius 3 is 2.31 bits per heavy atom. The van der Waals surface area contributed by atoms with Crippen molar-refractivity contribution in [2.24, 2.45) is 0 Å². The van der Waals surface area contributed by atoms with E-state index in [0.29, 0.717) is 34.3 Å². The molecule has 184 valence electrons. The Hall–Kier alpha value is -3.52. The highest BCUT2D eigenvalue weighted by Gasteiger charge is 2.39. The molecule has 1 fully saturated rings. The number of Topliss-reactive ketones (excluding diaryl/α,β-unsaturated/α-hetero) is 1. The van der Waals surface area contributed by atoms with Gasteiger partial charge in [0.1, 0.15) is 0 Å². The molecule has 1 aliphatic heterocycles. The van der Waals surface area contributed by atoms with E-state index in [1.54, 1.807) is 30.3 Å². The largest absolute Gasteiger partial charge is 0.454 e. The molecule has 36 heavy (non-hydrogen) atoms. The van der Waals surface area contributed by atoms with Crippen molar-refractivity contribution < 1.29 is 23.9 Å². The molecule has 0 aromatic heterocycles. The lowest BCUT2D eigenvalue weighted by Crippen LogP contribution is -2.39. The molecule has 2 amide bonds. The number of imide groups is 1. The van der Waals surface area contributed by atoms with E-state index in [-0.39, 0.29) is 29.6 Å². The Morgan fingerprint density at radius 2 is 1.61 bits per heavy atom. The van der Waals surface area contributed by atoms with Gasteiger partial charge in [-0.15, -0.1) is 0 Å². The second-order valence-electron chi connectivity index (χ2n) is 8.21. The van der Waals surface area contributed by atoms with E-state index in [9.17, 15) is 19.2 Å². The minimum atomic E-state index is -0.691. The quantitative estimate of drug-likeness (QED) is 0.251. The van der Waals surface area contributed by atoms with Gasteiger partial charge in [-0.2, -0.15) is 0 Å². The van der Waals surface area contributed by atoms with Gasteiger partial charge in [0.05, 0.1) is 23.7 Å². The minimum Gasteiger partial charge on any atom is -0.454 e. The summed E-state index contributed by atoms with van der Waals surface area (Å²) in [5.74, 6) is -1.73. The SMILES string of the molecule is O=C(COC(=O)c1ccc(N2C(=O)CC(NCCc3cccc(Cl)c3)C2=O)cc1)c1ccc(Cl)cc1. The molecule has 0 saturated carbocycles. The Labute approximate surface area is 218 Å². The van der Waals surface area contributed by atoms with E-state index in [0.717, 1.165) is 10.5 Å². The summed E-state index contributed by atoms with van der Waals surface area (Å²) in [6.07, 6.45) is 0.709. The molecule has 9 heteroatoms. The predicted octanol–water partition coefficient (Wildman–Crippen LogP) is 4.50. The molecule has 0 aliphatic carbocycles. The number of rotatable bonds is 9. The average Bonchev–Trinajstić information content (AvgIpc) is 3.15. The van der Waals surface area contributed by atoms with E-state index in [2.05, 4.69) is 5.32 Å². The van der Waals surface area contributed by atoms with Gasteiger partial charge in [-0.1, -0.05) is 35.3 Å². The third-order valence-electron chi connectivity index (χ3n) is 5.70. The second kappa shape index (κ2) is 11.5. The van der Waals surface area contributed by atoms with Crippen LogP contribution in [0.2, 0.25) is 10.0 Å². The number of hydrogen-bond acceptors (Lipinski definition) is 6. The van der Waals surface area contributed by atoms with Gasteiger partial charge in [0.15, 0.2) is 12.4 Å². The molecule has 7 nitrogen and oxygen atoms in total. The van der Waals surface area contributed by atoms with Gasteiger partial charge in [-0.25, -0.2) is 9.69 Å². The summed E-state index contributed by atoms with van der Waals surface area (Å²) >= 11 is 11.8. The maximum atomic E-state index is 12.8. The number of benzene rings is 3. The highest BCUT2D eigenvalue weighted by molar-refractivity contribution is 6.31. The van der Waals surface area contributed by atoms with Crippen LogP contribution in [0.15, 0.2) is 72.8 Å². The Balaban J connectivity index is 1.31. The van der Waals surface area contributed by atoms with Crippen LogP contribution in [0.25, 0.3) is 0 Å². The van der Waals surface area contributed by atoms with Gasteiger partial charge in [-0.3, -0.25) is 14.4 Å². The van der Waals surface area contributed by atoms with Gasteiger partial charge in [0.25, 0.3) is 5.91 Å². The molecular weight excluding hydrogens is 503 g/mol. The van der Waals surface area contributed by atoms with Crippen molar-refractivity contribution in [3.63, 3.8) is 0 Å². The Morgan fingerprint density at radius 1 is 0.917 bits per heavy atom. The van der Waals surface area contributed by atoms with Gasteiger partial charge in [-0.05, 0) is 79.2 Å². The van der Waals surface area contributed by atoms with Gasteiger partial charge in [0.2, 0.25) is 5.91 Å². The number of nitrogens with zero attached hydrogens (tertiary/aromatic N) is 1. The number of anilines is 1. The number of ketones is 1. The van der Waals surface area contributed by atoms with Crippen molar-refractivity contribution in [3.05, 3.63) is 99.5 Å². The zero-order valence-corrected chi connectivity index (χ0v) is 20.6. The number of nitrogens with one attached hydrogen (secondary N) is 1. The minimum absolute atomic E-state index is 0.0466. The summed E-state index contributed by atoms with van der Waals surface area (Å²) in [6, 6.07) is 19.0. The molecule has 0 spiro atoms. The van der Waals surface area contributed by atoms with Crippen molar-refractivity contribution in [2.75, 3.05) is 18.1 Å². The van der Waals surface area contributed by atoms with Crippen LogP contribution in [-0.4, -0.2) is 42.8 Å². The van der Waals surface area contributed by atoms with Crippen molar-refractivity contribution >= 4 is 52.5 Å². The van der Waals surface area contributed by atoms with Crippen LogP contribution < -0.4 is 10.2 Å². The molecule has 1 heterocycles. The molecule has 1 unspecified atom stereocenters. The summed E-state index contributed by atoms with van der Waals surface area (Å²) in [4.78, 5) is 51.0. The monoisotopic (exact) mass is 524 g/mol. The topological polar surface area (TPSA) is 92.8 Å². The number of carbonyl (C=O) groups excluding carboxylic acids is 4. The van der Waals surface area contributed by atoms with Crippen LogP contribution in [0.3, 0.4) is 0 Å². The molecule has 4 rings (SSSR count). The fraction of sp³-hybridized carbons (Fsp3) is 0.185. The smallest absolute Gasteiger partial charge is 0.338 e. The van der Waals surface area contributed by atoms with E-state index in [1.165, 1.54) is 24.3 Å². The third-order valence-corrected chi connectivity index (χ3v) is 6.19. The number of hydrogen-bond donors (Lipinski definition) is 1. The fourth-order valence-corrected chi connectivity index (χ4v) is 4.16. The van der Waals surface area contributed by atoms with Gasteiger partial charge in [0, 0.05) is 15.6 Å². The summed E-state index contributed by atoms with van der Waals surface area (Å²) in [5.41, 5.74) is 1.96. The van der Waals surface area contributed by atoms with Crippen LogP contribution in [0.4, 0.5) is 5.69 Å². The van der Waals surface area contributed by atoms with Crippen LogP contribution in [0, 0.1) is 0 Å². The molecule has 1 N–H and O–H groups in total. The number of ether oxygens (including phenoxy) is 1. The number of esters is 1. The Kier molecular flexibility index (Phi) is 8.15. The van der Waals surface area contributed by atoms with E-state index < -0.39 is 18.6 Å². The normalized spacial score (nSPS) is 15.3. The fourth-order valence-electron chi connectivity index (χ4n) is 3.83. The first kappa shape index (κ1) is 25.6. The first-order valence-corrected chi connectivity index (χ1v) is 12.0. The predicted molar refractivity (Wildman–Crippen MR) is 137 cm³/mol. The van der Waals surface area contributed by atoms with Crippen molar-refractivity contribution in [1.82, 2.24) is 5.32 Å². The van der Waals surface area contributed by atoms with Crippen LogP contribution in [0.5, 0.6) is 0 Å². The number of halogens is 2. The second-order valence-corrected chi connectivity index (χ2v) is 9.08. The molecule has 3 aromatic carbocycles. The molecule has 1 atom stereocenters. The first-order chi connectivity index (χ1) is 17.3. The first-order valence-electron chi connectivity index (χ1n) is 11.2. The van der Waals surface area contributed by atoms with E-state index in [4.69, 9.17) is 27.9 Å². The van der Waals surface area contributed by atoms with E-state index in [1.807, 2.05) is 18.2 Å². The summed E-state index contributed by atoms with van der Waals surface area (Å²) in [6.45, 7) is 0.0885. The lowest BCUT2D eigenvalue weighted by Gasteiger charge is -2.16. The summed E-state index contributed by atoms with van der Waals surface area (Å²) in [5, 5.41) is 4.28. The van der Waals surface area contributed by atoms with Crippen molar-refractivity contribution in [2.45, 2.75) is 18.9 Å². The molecule has 1 saturated heterocycles. The van der Waals surface area contributed by atoms with Crippen LogP contribution >= 0.6 is 23.2 Å². The summed E-state index contributed by atoms with van der Waals surface area (Å²) in [7, 11) is 0. The van der Waals surface area contributed by atoms with Gasteiger partial charge >= 0.3 is 5.97 Å². The molecule has 3 aromatic rings.